The predicted octanol–water partition coefficient (Wildman–Crippen LogP) is 2.77. The van der Waals surface area contributed by atoms with Crippen molar-refractivity contribution in [1.82, 2.24) is 4.90 Å². The van der Waals surface area contributed by atoms with Gasteiger partial charge in [-0.3, -0.25) is 0 Å². The third-order valence-electron chi connectivity index (χ3n) is 2.45. The second kappa shape index (κ2) is 5.03. The van der Waals surface area contributed by atoms with Gasteiger partial charge in [0.1, 0.15) is 0 Å². The van der Waals surface area contributed by atoms with Crippen LogP contribution in [0.5, 0.6) is 0 Å². The molecule has 0 radical (unpaired) electrons. The third kappa shape index (κ3) is 2.85. The molecule has 1 heteroatoms. The Labute approximate surface area is 81.4 Å². The highest BCUT2D eigenvalue weighted by Gasteiger charge is 2.09. The van der Waals surface area contributed by atoms with Crippen LogP contribution >= 0.6 is 0 Å². The zero-order valence-electron chi connectivity index (χ0n) is 8.71. The van der Waals surface area contributed by atoms with Crippen molar-refractivity contribution in [3.63, 3.8) is 0 Å². The summed E-state index contributed by atoms with van der Waals surface area (Å²) in [5.74, 6) is 0. The van der Waals surface area contributed by atoms with E-state index >= 15 is 0 Å². The highest BCUT2D eigenvalue weighted by atomic mass is 15.1. The fourth-order valence-corrected chi connectivity index (χ4v) is 1.77. The maximum absolute atomic E-state index is 3.87. The highest BCUT2D eigenvalue weighted by molar-refractivity contribution is 5.34. The van der Waals surface area contributed by atoms with Gasteiger partial charge in [0.05, 0.1) is 0 Å². The van der Waals surface area contributed by atoms with Crippen molar-refractivity contribution < 1.29 is 0 Å². The van der Waals surface area contributed by atoms with Crippen LogP contribution in [0.2, 0.25) is 0 Å². The van der Waals surface area contributed by atoms with Crippen LogP contribution in [-0.4, -0.2) is 25.0 Å². The monoisotopic (exact) mass is 177 g/mol. The van der Waals surface area contributed by atoms with Crippen molar-refractivity contribution in [3.8, 4) is 0 Å². The molecule has 0 unspecified atom stereocenters. The molecule has 0 amide bonds. The van der Waals surface area contributed by atoms with Gasteiger partial charge in [0, 0.05) is 6.54 Å². The van der Waals surface area contributed by atoms with Crippen LogP contribution in [0.25, 0.3) is 0 Å². The van der Waals surface area contributed by atoms with E-state index in [-0.39, 0.29) is 0 Å². The van der Waals surface area contributed by atoms with Gasteiger partial charge < -0.3 is 4.90 Å². The van der Waals surface area contributed by atoms with Crippen LogP contribution < -0.4 is 0 Å². The summed E-state index contributed by atoms with van der Waals surface area (Å²) in [7, 11) is 2.18. The van der Waals surface area contributed by atoms with E-state index < -0.39 is 0 Å². The van der Waals surface area contributed by atoms with E-state index in [0.29, 0.717) is 0 Å². The van der Waals surface area contributed by atoms with Gasteiger partial charge in [0.25, 0.3) is 0 Å². The van der Waals surface area contributed by atoms with Gasteiger partial charge >= 0.3 is 0 Å². The van der Waals surface area contributed by atoms with Gasteiger partial charge in [-0.1, -0.05) is 24.8 Å². The lowest BCUT2D eigenvalue weighted by Crippen LogP contribution is -2.20. The van der Waals surface area contributed by atoms with Crippen molar-refractivity contribution in [2.75, 3.05) is 20.1 Å². The van der Waals surface area contributed by atoms with Crippen LogP contribution in [0.1, 0.15) is 19.8 Å². The first-order chi connectivity index (χ1) is 6.27. The Bertz CT molecular complexity index is 236. The van der Waals surface area contributed by atoms with E-state index in [1.807, 2.05) is 6.08 Å². The maximum atomic E-state index is 3.87. The van der Waals surface area contributed by atoms with Crippen LogP contribution in [0, 0.1) is 0 Å². The summed E-state index contributed by atoms with van der Waals surface area (Å²) in [6, 6.07) is 0. The quantitative estimate of drug-likeness (QED) is 0.627. The average molecular weight is 177 g/mol. The summed E-state index contributed by atoms with van der Waals surface area (Å²) >= 11 is 0. The summed E-state index contributed by atoms with van der Waals surface area (Å²) in [5, 5.41) is 0. The Kier molecular flexibility index (Phi) is 3.97. The summed E-state index contributed by atoms with van der Waals surface area (Å²) < 4.78 is 0. The molecule has 1 rings (SSSR count). The molecule has 0 aliphatic carbocycles. The van der Waals surface area contributed by atoms with Crippen molar-refractivity contribution in [1.29, 1.82) is 0 Å². The van der Waals surface area contributed by atoms with Gasteiger partial charge in [0.15, 0.2) is 0 Å². The molecule has 0 aromatic rings. The van der Waals surface area contributed by atoms with Gasteiger partial charge in [-0.25, -0.2) is 0 Å². The number of hydrogen-bond acceptors (Lipinski definition) is 1. The zero-order chi connectivity index (χ0) is 9.68. The van der Waals surface area contributed by atoms with Crippen molar-refractivity contribution in [3.05, 3.63) is 36.0 Å². The Morgan fingerprint density at radius 2 is 2.15 bits per heavy atom. The second-order valence-corrected chi connectivity index (χ2v) is 3.60. The van der Waals surface area contributed by atoms with E-state index in [0.717, 1.165) is 6.54 Å². The number of nitrogens with zero attached hydrogens (tertiary/aromatic N) is 1. The van der Waals surface area contributed by atoms with Crippen LogP contribution in [0.15, 0.2) is 36.0 Å². The van der Waals surface area contributed by atoms with Crippen LogP contribution in [0.3, 0.4) is 0 Å². The first-order valence-electron chi connectivity index (χ1n) is 4.93. The van der Waals surface area contributed by atoms with E-state index in [2.05, 4.69) is 37.6 Å². The molecule has 0 bridgehead atoms. The molecule has 1 nitrogen and oxygen atoms in total. The number of likely N-dealkylation sites (N-methyl/N-ethyl adjacent to an activating group) is 1. The molecule has 1 aliphatic heterocycles. The molecule has 1 aliphatic rings. The molecular weight excluding hydrogens is 158 g/mol. The smallest absolute Gasteiger partial charge is 0.0233 e. The van der Waals surface area contributed by atoms with E-state index in [1.165, 1.54) is 30.5 Å². The topological polar surface area (TPSA) is 3.24 Å². The summed E-state index contributed by atoms with van der Waals surface area (Å²) in [6.45, 7) is 8.20. The number of rotatable bonds is 2. The fraction of sp³-hybridized carbons (Fsp3) is 0.500. The van der Waals surface area contributed by atoms with Gasteiger partial charge in [-0.15, -0.1) is 0 Å². The predicted molar refractivity (Wildman–Crippen MR) is 58.8 cm³/mol. The largest absolute Gasteiger partial charge is 0.302 e. The maximum Gasteiger partial charge on any atom is 0.0233 e. The lowest BCUT2D eigenvalue weighted by atomic mass is 10.0. The highest BCUT2D eigenvalue weighted by Crippen LogP contribution is 2.18. The minimum Gasteiger partial charge on any atom is -0.302 e. The average Bonchev–Trinajstić information content (AvgIpc) is 2.28. The Morgan fingerprint density at radius 1 is 1.38 bits per heavy atom. The fourth-order valence-electron chi connectivity index (χ4n) is 1.77. The molecule has 0 fully saturated rings. The number of allylic oxidation sites excluding steroid dienone is 3. The van der Waals surface area contributed by atoms with Gasteiger partial charge in [-0.2, -0.15) is 0 Å². The second-order valence-electron chi connectivity index (χ2n) is 3.60. The molecule has 1 heterocycles. The summed E-state index contributed by atoms with van der Waals surface area (Å²) in [5.41, 5.74) is 2.85. The van der Waals surface area contributed by atoms with Crippen LogP contribution in [0.4, 0.5) is 0 Å². The molecule has 0 saturated carbocycles. The third-order valence-corrected chi connectivity index (χ3v) is 2.45. The Morgan fingerprint density at radius 3 is 2.77 bits per heavy atom. The standard InChI is InChI=1S/C12H19N/c1-4-7-12-10-13(3)9-6-8-11(12)5-2/h4-5,7H,2,6,8-10H2,1,3H3/b7-4-. The molecule has 0 aromatic carbocycles. The van der Waals surface area contributed by atoms with E-state index in [1.54, 1.807) is 0 Å². The minimum absolute atomic E-state index is 1.06. The van der Waals surface area contributed by atoms with Gasteiger partial charge in [-0.05, 0) is 44.5 Å². The Hall–Kier alpha value is -0.820. The molecule has 0 N–H and O–H groups in total. The molecule has 13 heavy (non-hydrogen) atoms. The Balaban J connectivity index is 2.87. The molecule has 0 saturated heterocycles. The number of hydrogen-bond donors (Lipinski definition) is 0. The summed E-state index contributed by atoms with van der Waals surface area (Å²) in [4.78, 5) is 2.37. The normalized spacial score (nSPS) is 20.8. The van der Waals surface area contributed by atoms with Crippen molar-refractivity contribution >= 4 is 0 Å². The summed E-state index contributed by atoms with van der Waals surface area (Å²) in [6.07, 6.45) is 8.75. The molecule has 0 aromatic heterocycles. The minimum atomic E-state index is 1.06. The molecule has 0 atom stereocenters. The van der Waals surface area contributed by atoms with E-state index in [4.69, 9.17) is 0 Å². The zero-order valence-corrected chi connectivity index (χ0v) is 8.71. The van der Waals surface area contributed by atoms with Crippen LogP contribution in [-0.2, 0) is 0 Å². The van der Waals surface area contributed by atoms with Gasteiger partial charge in [0.2, 0.25) is 0 Å². The SMILES string of the molecule is C=CC1=C(/C=C\C)CN(C)CCC1. The first-order valence-corrected chi connectivity index (χ1v) is 4.93. The van der Waals surface area contributed by atoms with Crippen molar-refractivity contribution in [2.24, 2.45) is 0 Å². The van der Waals surface area contributed by atoms with E-state index in [9.17, 15) is 0 Å². The molecule has 72 valence electrons. The van der Waals surface area contributed by atoms with Crippen molar-refractivity contribution in [2.45, 2.75) is 19.8 Å². The lowest BCUT2D eigenvalue weighted by molar-refractivity contribution is 0.368. The molecule has 0 spiro atoms. The first kappa shape index (κ1) is 10.3. The lowest BCUT2D eigenvalue weighted by Gasteiger charge is -2.13. The molecular formula is C12H19N.